The largest absolute Gasteiger partial charge is 0.292 e. The SMILES string of the molecule is CC1(C)c2ccccc2-c2ccc(-c3nc4ccccc4nc3-n3c4cc5ccccc5cc4c4c(-c5ccccc5)cccc43)cc21. The van der Waals surface area contributed by atoms with Gasteiger partial charge in [0.15, 0.2) is 5.82 Å². The molecular weight excluding hydrogens is 583 g/mol. The molecule has 3 heteroatoms. The number of fused-ring (bicyclic) bond motifs is 8. The minimum Gasteiger partial charge on any atom is -0.292 e. The lowest BCUT2D eigenvalue weighted by atomic mass is 9.82. The Morgan fingerprint density at radius 2 is 1.15 bits per heavy atom. The smallest absolute Gasteiger partial charge is 0.165 e. The molecule has 2 aromatic heterocycles. The molecule has 0 saturated heterocycles. The molecule has 0 spiro atoms. The molecule has 7 aromatic carbocycles. The summed E-state index contributed by atoms with van der Waals surface area (Å²) in [4.78, 5) is 10.8. The molecule has 0 amide bonds. The van der Waals surface area contributed by atoms with E-state index in [2.05, 4.69) is 158 Å². The zero-order chi connectivity index (χ0) is 32.0. The van der Waals surface area contributed by atoms with Gasteiger partial charge in [-0.05, 0) is 80.6 Å². The predicted octanol–water partition coefficient (Wildman–Crippen LogP) is 11.5. The van der Waals surface area contributed by atoms with Gasteiger partial charge in [-0.15, -0.1) is 0 Å². The second-order valence-corrected chi connectivity index (χ2v) is 13.4. The van der Waals surface area contributed by atoms with E-state index in [4.69, 9.17) is 9.97 Å². The third-order valence-corrected chi connectivity index (χ3v) is 10.4. The van der Waals surface area contributed by atoms with Crippen molar-refractivity contribution in [2.24, 2.45) is 0 Å². The third kappa shape index (κ3) is 3.82. The summed E-state index contributed by atoms with van der Waals surface area (Å²) in [6.07, 6.45) is 0. The molecule has 3 nitrogen and oxygen atoms in total. The second-order valence-electron chi connectivity index (χ2n) is 13.4. The Kier molecular flexibility index (Phi) is 5.63. The van der Waals surface area contributed by atoms with E-state index in [-0.39, 0.29) is 5.41 Å². The Morgan fingerprint density at radius 3 is 1.98 bits per heavy atom. The summed E-state index contributed by atoms with van der Waals surface area (Å²) in [5, 5.41) is 4.84. The molecule has 10 rings (SSSR count). The van der Waals surface area contributed by atoms with Gasteiger partial charge in [0, 0.05) is 21.8 Å². The van der Waals surface area contributed by atoms with Gasteiger partial charge in [0.2, 0.25) is 0 Å². The van der Waals surface area contributed by atoms with Gasteiger partial charge >= 0.3 is 0 Å². The first-order valence-corrected chi connectivity index (χ1v) is 16.6. The van der Waals surface area contributed by atoms with Crippen LogP contribution in [0.15, 0.2) is 152 Å². The zero-order valence-corrected chi connectivity index (χ0v) is 26.8. The first-order valence-electron chi connectivity index (χ1n) is 16.6. The first-order chi connectivity index (χ1) is 23.6. The van der Waals surface area contributed by atoms with Crippen molar-refractivity contribution in [1.82, 2.24) is 14.5 Å². The van der Waals surface area contributed by atoms with Gasteiger partial charge in [-0.1, -0.05) is 129 Å². The Hall–Kier alpha value is -6.06. The summed E-state index contributed by atoms with van der Waals surface area (Å²) in [5.41, 5.74) is 13.5. The molecule has 2 heterocycles. The maximum atomic E-state index is 5.45. The van der Waals surface area contributed by atoms with E-state index in [0.29, 0.717) is 0 Å². The maximum Gasteiger partial charge on any atom is 0.165 e. The molecular formula is C45H31N3. The number of para-hydroxylation sites is 2. The highest BCUT2D eigenvalue weighted by Gasteiger charge is 2.35. The van der Waals surface area contributed by atoms with Crippen LogP contribution < -0.4 is 0 Å². The molecule has 0 unspecified atom stereocenters. The molecule has 0 N–H and O–H groups in total. The molecule has 226 valence electrons. The van der Waals surface area contributed by atoms with Gasteiger partial charge in [-0.2, -0.15) is 0 Å². The average molecular weight is 614 g/mol. The normalized spacial score (nSPS) is 13.4. The summed E-state index contributed by atoms with van der Waals surface area (Å²) in [6, 6.07) is 54.5. The van der Waals surface area contributed by atoms with Gasteiger partial charge in [0.25, 0.3) is 0 Å². The van der Waals surface area contributed by atoms with Crippen molar-refractivity contribution in [2.75, 3.05) is 0 Å². The molecule has 48 heavy (non-hydrogen) atoms. The van der Waals surface area contributed by atoms with Crippen LogP contribution in [0.4, 0.5) is 0 Å². The number of hydrogen-bond acceptors (Lipinski definition) is 2. The van der Waals surface area contributed by atoms with Crippen LogP contribution in [0.2, 0.25) is 0 Å². The lowest BCUT2D eigenvalue weighted by Crippen LogP contribution is -2.15. The van der Waals surface area contributed by atoms with Crippen molar-refractivity contribution in [3.8, 4) is 39.3 Å². The van der Waals surface area contributed by atoms with Crippen LogP contribution in [0, 0.1) is 0 Å². The molecule has 1 aliphatic rings. The summed E-state index contributed by atoms with van der Waals surface area (Å²) in [6.45, 7) is 4.66. The van der Waals surface area contributed by atoms with E-state index >= 15 is 0 Å². The summed E-state index contributed by atoms with van der Waals surface area (Å²) in [5.74, 6) is 0.836. The van der Waals surface area contributed by atoms with E-state index in [1.807, 2.05) is 12.1 Å². The van der Waals surface area contributed by atoms with E-state index in [9.17, 15) is 0 Å². The average Bonchev–Trinajstić information content (AvgIpc) is 3.58. The van der Waals surface area contributed by atoms with E-state index in [0.717, 1.165) is 39.1 Å². The molecule has 0 radical (unpaired) electrons. The number of aromatic nitrogens is 3. The lowest BCUT2D eigenvalue weighted by molar-refractivity contribution is 0.660. The Morgan fingerprint density at radius 1 is 0.479 bits per heavy atom. The van der Waals surface area contributed by atoms with Crippen LogP contribution in [0.3, 0.4) is 0 Å². The standard InChI is InChI=1S/C45H31N3/c1-45(2)36-19-9-8-17-33(36)34-24-23-31(26-37(34)45)43-44(47-39-21-11-10-20-38(39)46-43)48-40-22-12-18-32(28-13-4-3-5-14-28)42(40)35-25-29-15-6-7-16-30(29)27-41(35)48/h3-27H,1-2H3. The molecule has 0 aliphatic heterocycles. The molecule has 0 bridgehead atoms. The molecule has 0 saturated carbocycles. The van der Waals surface area contributed by atoms with Crippen molar-refractivity contribution in [1.29, 1.82) is 0 Å². The van der Waals surface area contributed by atoms with Crippen LogP contribution in [0.5, 0.6) is 0 Å². The molecule has 0 atom stereocenters. The lowest BCUT2D eigenvalue weighted by Gasteiger charge is -2.22. The maximum absolute atomic E-state index is 5.45. The van der Waals surface area contributed by atoms with Gasteiger partial charge in [-0.3, -0.25) is 4.57 Å². The fourth-order valence-electron chi connectivity index (χ4n) is 8.03. The Bertz CT molecular complexity index is 2750. The fourth-order valence-corrected chi connectivity index (χ4v) is 8.03. The highest BCUT2D eigenvalue weighted by molar-refractivity contribution is 6.18. The quantitative estimate of drug-likeness (QED) is 0.198. The zero-order valence-electron chi connectivity index (χ0n) is 26.8. The highest BCUT2D eigenvalue weighted by atomic mass is 15.1. The van der Waals surface area contributed by atoms with Gasteiger partial charge in [0.1, 0.15) is 5.69 Å². The molecule has 1 aliphatic carbocycles. The van der Waals surface area contributed by atoms with Gasteiger partial charge < -0.3 is 0 Å². The summed E-state index contributed by atoms with van der Waals surface area (Å²) in [7, 11) is 0. The second kappa shape index (κ2) is 9.97. The summed E-state index contributed by atoms with van der Waals surface area (Å²) >= 11 is 0. The number of benzene rings is 7. The van der Waals surface area contributed by atoms with E-state index < -0.39 is 0 Å². The van der Waals surface area contributed by atoms with Crippen LogP contribution in [0.1, 0.15) is 25.0 Å². The van der Waals surface area contributed by atoms with Crippen LogP contribution in [0.25, 0.3) is 82.9 Å². The van der Waals surface area contributed by atoms with Crippen LogP contribution >= 0.6 is 0 Å². The van der Waals surface area contributed by atoms with E-state index in [1.165, 1.54) is 54.9 Å². The topological polar surface area (TPSA) is 30.7 Å². The van der Waals surface area contributed by atoms with Gasteiger partial charge in [-0.25, -0.2) is 9.97 Å². The van der Waals surface area contributed by atoms with Crippen molar-refractivity contribution >= 4 is 43.6 Å². The number of hydrogen-bond donors (Lipinski definition) is 0. The fraction of sp³-hybridized carbons (Fsp3) is 0.0667. The van der Waals surface area contributed by atoms with Crippen LogP contribution in [-0.4, -0.2) is 14.5 Å². The van der Waals surface area contributed by atoms with Crippen LogP contribution in [-0.2, 0) is 5.41 Å². The molecule has 9 aromatic rings. The Labute approximate surface area is 278 Å². The van der Waals surface area contributed by atoms with Crippen molar-refractivity contribution in [2.45, 2.75) is 19.3 Å². The third-order valence-electron chi connectivity index (χ3n) is 10.4. The predicted molar refractivity (Wildman–Crippen MR) is 200 cm³/mol. The highest BCUT2D eigenvalue weighted by Crippen LogP contribution is 2.50. The Balaban J connectivity index is 1.32. The van der Waals surface area contributed by atoms with Crippen molar-refractivity contribution in [3.63, 3.8) is 0 Å². The van der Waals surface area contributed by atoms with E-state index in [1.54, 1.807) is 0 Å². The van der Waals surface area contributed by atoms with Gasteiger partial charge in [0.05, 0.1) is 22.1 Å². The summed E-state index contributed by atoms with van der Waals surface area (Å²) < 4.78 is 2.35. The minimum absolute atomic E-state index is 0.122. The number of rotatable bonds is 3. The van der Waals surface area contributed by atoms with Crippen molar-refractivity contribution < 1.29 is 0 Å². The van der Waals surface area contributed by atoms with Crippen molar-refractivity contribution in [3.05, 3.63) is 163 Å². The minimum atomic E-state index is -0.122. The number of nitrogens with zero attached hydrogens (tertiary/aromatic N) is 3. The monoisotopic (exact) mass is 613 g/mol. The first kappa shape index (κ1) is 27.1. The molecule has 0 fully saturated rings.